The van der Waals surface area contributed by atoms with E-state index in [0.29, 0.717) is 6.54 Å². The summed E-state index contributed by atoms with van der Waals surface area (Å²) in [5, 5.41) is 30.2. The second-order valence-corrected chi connectivity index (χ2v) is 8.63. The molecule has 1 atom stereocenters. The molecular weight excluding hydrogens is 410 g/mol. The molecule has 0 aliphatic heterocycles. The van der Waals surface area contributed by atoms with Crippen LogP contribution in [0.3, 0.4) is 0 Å². The lowest BCUT2D eigenvalue weighted by atomic mass is 10.1. The van der Waals surface area contributed by atoms with Crippen molar-refractivity contribution in [3.8, 4) is 0 Å². The van der Waals surface area contributed by atoms with Gasteiger partial charge >= 0.3 is 0 Å². The van der Waals surface area contributed by atoms with Crippen LogP contribution in [0, 0.1) is 10.1 Å². The Labute approximate surface area is 179 Å². The van der Waals surface area contributed by atoms with E-state index in [4.69, 9.17) is 0 Å². The van der Waals surface area contributed by atoms with E-state index in [1.807, 2.05) is 44.4 Å². The number of hydrogen-bond acceptors (Lipinski definition) is 9. The van der Waals surface area contributed by atoms with Crippen molar-refractivity contribution in [2.24, 2.45) is 0 Å². The molecule has 0 aliphatic rings. The van der Waals surface area contributed by atoms with Crippen molar-refractivity contribution in [2.45, 2.75) is 18.4 Å². The van der Waals surface area contributed by atoms with Gasteiger partial charge in [-0.3, -0.25) is 10.1 Å². The molecule has 1 unspecified atom stereocenters. The first-order valence-electron chi connectivity index (χ1n) is 9.16. The molecule has 2 aromatic rings. The van der Waals surface area contributed by atoms with Gasteiger partial charge in [-0.05, 0) is 19.7 Å². The van der Waals surface area contributed by atoms with Crippen molar-refractivity contribution in [2.75, 3.05) is 32.9 Å². The van der Waals surface area contributed by atoms with Crippen LogP contribution in [0.2, 0.25) is 0 Å². The minimum atomic E-state index is -0.747. The third kappa shape index (κ3) is 9.27. The fourth-order valence-corrected chi connectivity index (χ4v) is 4.22. The van der Waals surface area contributed by atoms with Gasteiger partial charge in [-0.15, -0.1) is 11.3 Å². The number of nitro groups is 1. The summed E-state index contributed by atoms with van der Waals surface area (Å²) in [6.45, 7) is 1.58. The van der Waals surface area contributed by atoms with Crippen LogP contribution >= 0.6 is 23.1 Å². The van der Waals surface area contributed by atoms with Gasteiger partial charge in [-0.25, -0.2) is 4.98 Å². The molecular formula is C19H27N5O3S2. The molecule has 2 rings (SSSR count). The van der Waals surface area contributed by atoms with Crippen molar-refractivity contribution < 1.29 is 10.0 Å². The summed E-state index contributed by atoms with van der Waals surface area (Å²) in [5.74, 6) is 1.87. The van der Waals surface area contributed by atoms with E-state index in [-0.39, 0.29) is 12.4 Å². The van der Waals surface area contributed by atoms with Gasteiger partial charge in [0.25, 0.3) is 6.20 Å². The monoisotopic (exact) mass is 437 g/mol. The number of thiazole rings is 1. The topological polar surface area (TPSA) is 104 Å². The molecule has 0 spiro atoms. The van der Waals surface area contributed by atoms with E-state index < -0.39 is 11.0 Å². The van der Waals surface area contributed by atoms with E-state index in [2.05, 4.69) is 25.9 Å². The van der Waals surface area contributed by atoms with Gasteiger partial charge < -0.3 is 20.6 Å². The molecule has 1 aromatic carbocycles. The largest absolute Gasteiger partial charge is 0.387 e. The maximum Gasteiger partial charge on any atom is 0.274 e. The highest BCUT2D eigenvalue weighted by Gasteiger charge is 2.09. The summed E-state index contributed by atoms with van der Waals surface area (Å²) in [6, 6.07) is 9.18. The van der Waals surface area contributed by atoms with Crippen LogP contribution in [0.5, 0.6) is 0 Å². The second kappa shape index (κ2) is 12.4. The smallest absolute Gasteiger partial charge is 0.274 e. The molecule has 0 saturated carbocycles. The molecule has 0 aliphatic carbocycles. The SMILES string of the molecule is CN(C)Cc1nc(CSCCNC(=C[N+](=O)[O-])NCC(O)c2ccccc2)cs1. The Kier molecular flexibility index (Phi) is 9.92. The molecule has 8 nitrogen and oxygen atoms in total. The lowest BCUT2D eigenvalue weighted by Crippen LogP contribution is -2.31. The second-order valence-electron chi connectivity index (χ2n) is 6.59. The first kappa shape index (κ1) is 23.1. The summed E-state index contributed by atoms with van der Waals surface area (Å²) in [4.78, 5) is 17.0. The number of hydrogen-bond donors (Lipinski definition) is 3. The first-order valence-corrected chi connectivity index (χ1v) is 11.2. The minimum Gasteiger partial charge on any atom is -0.387 e. The fraction of sp³-hybridized carbons (Fsp3) is 0.421. The molecule has 3 N–H and O–H groups in total. The van der Waals surface area contributed by atoms with Crippen molar-refractivity contribution in [3.63, 3.8) is 0 Å². The Morgan fingerprint density at radius 3 is 2.83 bits per heavy atom. The number of aliphatic hydroxyl groups is 1. The summed E-state index contributed by atoms with van der Waals surface area (Å²) in [6.07, 6.45) is 0.139. The zero-order chi connectivity index (χ0) is 21.1. The highest BCUT2D eigenvalue weighted by Crippen LogP contribution is 2.16. The molecule has 29 heavy (non-hydrogen) atoms. The molecule has 1 heterocycles. The number of benzene rings is 1. The maximum atomic E-state index is 10.8. The standard InChI is InChI=1S/C19H27N5O3S2/c1-23(2)12-19-22-16(14-29-19)13-28-9-8-20-18(11-24(26)27)21-10-17(25)15-6-4-3-5-7-15/h3-7,11,14,17,20-21,25H,8-10,12-13H2,1-2H3. The number of nitrogens with one attached hydrogen (secondary N) is 2. The molecule has 0 fully saturated rings. The average Bonchev–Trinajstić information content (AvgIpc) is 3.12. The van der Waals surface area contributed by atoms with E-state index >= 15 is 0 Å². The van der Waals surface area contributed by atoms with E-state index in [0.717, 1.165) is 40.5 Å². The van der Waals surface area contributed by atoms with E-state index in [1.54, 1.807) is 23.1 Å². The Bertz CT molecular complexity index is 783. The molecule has 0 bridgehead atoms. The highest BCUT2D eigenvalue weighted by atomic mass is 32.2. The third-order valence-electron chi connectivity index (χ3n) is 3.77. The first-order chi connectivity index (χ1) is 13.9. The summed E-state index contributed by atoms with van der Waals surface area (Å²) in [7, 11) is 4.04. The van der Waals surface area contributed by atoms with E-state index in [1.165, 1.54) is 0 Å². The van der Waals surface area contributed by atoms with Gasteiger partial charge in [0, 0.05) is 36.5 Å². The normalized spacial score (nSPS) is 12.8. The highest BCUT2D eigenvalue weighted by molar-refractivity contribution is 7.98. The quantitative estimate of drug-likeness (QED) is 0.249. The lowest BCUT2D eigenvalue weighted by Gasteiger charge is -2.15. The fourth-order valence-electron chi connectivity index (χ4n) is 2.45. The van der Waals surface area contributed by atoms with Crippen molar-refractivity contribution in [3.05, 3.63) is 74.1 Å². The third-order valence-corrected chi connectivity index (χ3v) is 5.64. The number of thioether (sulfide) groups is 1. The van der Waals surface area contributed by atoms with Crippen LogP contribution in [0.15, 0.2) is 47.7 Å². The van der Waals surface area contributed by atoms with Gasteiger partial charge in [0.2, 0.25) is 0 Å². The number of aliphatic hydroxyl groups excluding tert-OH is 1. The summed E-state index contributed by atoms with van der Waals surface area (Å²) >= 11 is 3.38. The predicted octanol–water partition coefficient (Wildman–Crippen LogP) is 2.43. The van der Waals surface area contributed by atoms with Crippen LogP contribution in [-0.2, 0) is 12.3 Å². The van der Waals surface area contributed by atoms with Crippen LogP contribution in [-0.4, -0.2) is 52.9 Å². The van der Waals surface area contributed by atoms with E-state index in [9.17, 15) is 15.2 Å². The van der Waals surface area contributed by atoms with Crippen LogP contribution in [0.4, 0.5) is 0 Å². The zero-order valence-electron chi connectivity index (χ0n) is 16.6. The number of rotatable bonds is 13. The molecule has 0 saturated heterocycles. The van der Waals surface area contributed by atoms with Crippen molar-refractivity contribution in [1.82, 2.24) is 20.5 Å². The molecule has 1 aromatic heterocycles. The molecule has 0 amide bonds. The molecule has 158 valence electrons. The van der Waals surface area contributed by atoms with Gasteiger partial charge in [0.15, 0.2) is 5.82 Å². The molecule has 10 heteroatoms. The predicted molar refractivity (Wildman–Crippen MR) is 118 cm³/mol. The van der Waals surface area contributed by atoms with Gasteiger partial charge in [0.1, 0.15) is 5.01 Å². The Morgan fingerprint density at radius 1 is 1.38 bits per heavy atom. The van der Waals surface area contributed by atoms with Gasteiger partial charge in [0.05, 0.1) is 16.7 Å². The maximum absolute atomic E-state index is 10.8. The Morgan fingerprint density at radius 2 is 2.14 bits per heavy atom. The number of aromatic nitrogens is 1. The number of nitrogens with zero attached hydrogens (tertiary/aromatic N) is 3. The van der Waals surface area contributed by atoms with Crippen LogP contribution in [0.1, 0.15) is 22.4 Å². The molecule has 0 radical (unpaired) electrons. The Balaban J connectivity index is 1.72. The minimum absolute atomic E-state index is 0.178. The van der Waals surface area contributed by atoms with Crippen molar-refractivity contribution in [1.29, 1.82) is 0 Å². The zero-order valence-corrected chi connectivity index (χ0v) is 18.2. The van der Waals surface area contributed by atoms with Crippen LogP contribution in [0.25, 0.3) is 0 Å². The summed E-state index contributed by atoms with van der Waals surface area (Å²) < 4.78 is 0. The van der Waals surface area contributed by atoms with Crippen LogP contribution < -0.4 is 10.6 Å². The Hall–Kier alpha value is -2.14. The summed E-state index contributed by atoms with van der Waals surface area (Å²) in [5.41, 5.74) is 1.81. The van der Waals surface area contributed by atoms with Gasteiger partial charge in [-0.1, -0.05) is 30.3 Å². The lowest BCUT2D eigenvalue weighted by molar-refractivity contribution is -0.404. The van der Waals surface area contributed by atoms with Gasteiger partial charge in [-0.2, -0.15) is 11.8 Å². The van der Waals surface area contributed by atoms with Crippen molar-refractivity contribution >= 4 is 23.1 Å². The average molecular weight is 438 g/mol.